The lowest BCUT2D eigenvalue weighted by Gasteiger charge is -2.39. The summed E-state index contributed by atoms with van der Waals surface area (Å²) in [5, 5.41) is 18.3. The lowest BCUT2D eigenvalue weighted by molar-refractivity contribution is -0.351. The van der Waals surface area contributed by atoms with Gasteiger partial charge in [0.1, 0.15) is 24.9 Å². The van der Waals surface area contributed by atoms with Crippen LogP contribution in [0.4, 0.5) is 0 Å². The highest BCUT2D eigenvalue weighted by molar-refractivity contribution is 5.18. The van der Waals surface area contributed by atoms with Crippen LogP contribution in [0.5, 0.6) is 0 Å². The molecule has 5 rings (SSSR count). The van der Waals surface area contributed by atoms with Crippen LogP contribution in [0.1, 0.15) is 23.7 Å². The van der Waals surface area contributed by atoms with Crippen LogP contribution >= 0.6 is 0 Å². The standard InChI is InChI=1S/C20H20O6.C2H5O/c21-20-12-23-19(14-9-5-2-6-10-14)25-17(20)16-15(26-20)11-22-18(24-16)13-7-3-1-4-8-13;1-2-3/h1-10,15-19,21H,11-12H2;3H,1-2H2/t15-,16+,17-,18?,19?,20+;/m1./s1. The molecule has 6 atom stereocenters. The number of hydrogen-bond donors (Lipinski definition) is 2. The predicted octanol–water partition coefficient (Wildman–Crippen LogP) is 2.11. The van der Waals surface area contributed by atoms with Crippen LogP contribution in [0.25, 0.3) is 0 Å². The van der Waals surface area contributed by atoms with Gasteiger partial charge >= 0.3 is 0 Å². The van der Waals surface area contributed by atoms with E-state index in [-0.39, 0.29) is 13.2 Å². The average Bonchev–Trinajstić information content (AvgIpc) is 3.06. The third kappa shape index (κ3) is 4.22. The van der Waals surface area contributed by atoms with Crippen molar-refractivity contribution in [3.05, 3.63) is 78.7 Å². The zero-order valence-corrected chi connectivity index (χ0v) is 15.9. The van der Waals surface area contributed by atoms with Gasteiger partial charge in [0.2, 0.25) is 5.79 Å². The first kappa shape index (κ1) is 20.4. The Bertz CT molecular complexity index is 771. The van der Waals surface area contributed by atoms with Crippen molar-refractivity contribution in [2.24, 2.45) is 0 Å². The van der Waals surface area contributed by atoms with Crippen LogP contribution in [-0.4, -0.2) is 54.1 Å². The van der Waals surface area contributed by atoms with E-state index >= 15 is 0 Å². The summed E-state index contributed by atoms with van der Waals surface area (Å²) in [5.41, 5.74) is 1.82. The highest BCUT2D eigenvalue weighted by Gasteiger charge is 2.61. The summed E-state index contributed by atoms with van der Waals surface area (Å²) in [5.74, 6) is -1.53. The minimum atomic E-state index is -1.53. The smallest absolute Gasteiger partial charge is 0.219 e. The Balaban J connectivity index is 0.000000645. The molecule has 155 valence electrons. The zero-order valence-electron chi connectivity index (χ0n) is 15.9. The lowest BCUT2D eigenvalue weighted by Crippen LogP contribution is -2.54. The molecule has 2 aromatic carbocycles. The molecular weight excluding hydrogens is 376 g/mol. The predicted molar refractivity (Wildman–Crippen MR) is 102 cm³/mol. The van der Waals surface area contributed by atoms with Gasteiger partial charge in [0.15, 0.2) is 12.6 Å². The fourth-order valence-electron chi connectivity index (χ4n) is 3.74. The molecule has 0 spiro atoms. The number of benzene rings is 2. The van der Waals surface area contributed by atoms with E-state index in [1.165, 1.54) is 0 Å². The van der Waals surface area contributed by atoms with Gasteiger partial charge in [-0.15, -0.1) is 0 Å². The molecule has 3 aliphatic rings. The second kappa shape index (κ2) is 8.89. The number of ether oxygens (including phenoxy) is 5. The van der Waals surface area contributed by atoms with Crippen molar-refractivity contribution in [1.29, 1.82) is 0 Å². The Kier molecular flexibility index (Phi) is 6.26. The van der Waals surface area contributed by atoms with Crippen LogP contribution < -0.4 is 0 Å². The molecule has 2 N–H and O–H groups in total. The van der Waals surface area contributed by atoms with E-state index in [1.54, 1.807) is 0 Å². The number of aliphatic hydroxyl groups is 2. The van der Waals surface area contributed by atoms with Crippen LogP contribution in [0.3, 0.4) is 0 Å². The van der Waals surface area contributed by atoms with Crippen molar-refractivity contribution < 1.29 is 33.9 Å². The maximum absolute atomic E-state index is 10.9. The summed E-state index contributed by atoms with van der Waals surface area (Å²) in [6, 6.07) is 19.4. The fourth-order valence-corrected chi connectivity index (χ4v) is 3.74. The van der Waals surface area contributed by atoms with Gasteiger partial charge in [-0.25, -0.2) is 0 Å². The fraction of sp³-hybridized carbons (Fsp3) is 0.409. The largest absolute Gasteiger partial charge is 0.396 e. The first-order chi connectivity index (χ1) is 14.1. The van der Waals surface area contributed by atoms with E-state index in [4.69, 9.17) is 28.8 Å². The summed E-state index contributed by atoms with van der Waals surface area (Å²) >= 11 is 0. The Hall–Kier alpha value is -1.84. The molecular formula is C22H25O7. The second-order valence-electron chi connectivity index (χ2n) is 7.01. The summed E-state index contributed by atoms with van der Waals surface area (Å²) in [7, 11) is 0. The van der Waals surface area contributed by atoms with Crippen LogP contribution in [-0.2, 0) is 23.7 Å². The van der Waals surface area contributed by atoms with Gasteiger partial charge < -0.3 is 33.9 Å². The normalized spacial score (nSPS) is 35.8. The summed E-state index contributed by atoms with van der Waals surface area (Å²) in [4.78, 5) is 0. The molecule has 3 heterocycles. The number of rotatable bonds is 2. The molecule has 7 heteroatoms. The Labute approximate surface area is 169 Å². The Morgan fingerprint density at radius 3 is 2.03 bits per heavy atom. The second-order valence-corrected chi connectivity index (χ2v) is 7.01. The first-order valence-electron chi connectivity index (χ1n) is 9.59. The topological polar surface area (TPSA) is 86.6 Å². The number of hydrogen-bond acceptors (Lipinski definition) is 7. The van der Waals surface area contributed by atoms with E-state index in [0.717, 1.165) is 11.1 Å². The van der Waals surface area contributed by atoms with Gasteiger partial charge in [-0.2, -0.15) is 0 Å². The van der Waals surface area contributed by atoms with Gasteiger partial charge in [-0.1, -0.05) is 60.7 Å². The van der Waals surface area contributed by atoms with E-state index < -0.39 is 36.7 Å². The van der Waals surface area contributed by atoms with E-state index in [9.17, 15) is 5.11 Å². The third-order valence-corrected chi connectivity index (χ3v) is 5.01. The maximum Gasteiger partial charge on any atom is 0.219 e. The molecule has 0 aliphatic carbocycles. The first-order valence-corrected chi connectivity index (χ1v) is 9.59. The monoisotopic (exact) mass is 401 g/mol. The molecule has 0 bridgehead atoms. The van der Waals surface area contributed by atoms with Crippen LogP contribution in [0.15, 0.2) is 60.7 Å². The maximum atomic E-state index is 10.9. The summed E-state index contributed by atoms with van der Waals surface area (Å²) in [6.45, 7) is 3.38. The van der Waals surface area contributed by atoms with E-state index in [0.29, 0.717) is 6.61 Å². The molecule has 1 radical (unpaired) electrons. The molecule has 0 saturated carbocycles. The lowest BCUT2D eigenvalue weighted by atomic mass is 10.0. The molecule has 2 unspecified atom stereocenters. The van der Waals surface area contributed by atoms with Crippen molar-refractivity contribution in [3.63, 3.8) is 0 Å². The average molecular weight is 401 g/mol. The summed E-state index contributed by atoms with van der Waals surface area (Å²) in [6.07, 6.45) is -2.56. The molecule has 29 heavy (non-hydrogen) atoms. The molecule has 0 amide bonds. The van der Waals surface area contributed by atoms with Crippen LogP contribution in [0, 0.1) is 6.92 Å². The van der Waals surface area contributed by atoms with Gasteiger partial charge in [0.05, 0.1) is 6.61 Å². The van der Waals surface area contributed by atoms with Gasteiger partial charge in [-0.3, -0.25) is 0 Å². The molecule has 2 aromatic rings. The highest BCUT2D eigenvalue weighted by Crippen LogP contribution is 2.45. The highest BCUT2D eigenvalue weighted by atomic mass is 16.8. The molecule has 3 saturated heterocycles. The number of aliphatic hydroxyl groups excluding tert-OH is 1. The Morgan fingerprint density at radius 2 is 1.45 bits per heavy atom. The SMILES string of the molecule is O[C@]12COC(c3ccccc3)O[C@@H]1[C@H]1OC(c3ccccc3)OC[C@H]1O2.[CH2]CO. The zero-order chi connectivity index (χ0) is 20.3. The molecule has 3 fully saturated rings. The van der Waals surface area contributed by atoms with E-state index in [2.05, 4.69) is 6.92 Å². The van der Waals surface area contributed by atoms with E-state index in [1.807, 2.05) is 60.7 Å². The van der Waals surface area contributed by atoms with Crippen molar-refractivity contribution >= 4 is 0 Å². The molecule has 0 aromatic heterocycles. The van der Waals surface area contributed by atoms with Crippen LogP contribution in [0.2, 0.25) is 0 Å². The Morgan fingerprint density at radius 1 is 0.897 bits per heavy atom. The van der Waals surface area contributed by atoms with Crippen molar-refractivity contribution in [1.82, 2.24) is 0 Å². The van der Waals surface area contributed by atoms with Crippen molar-refractivity contribution in [2.75, 3.05) is 19.8 Å². The van der Waals surface area contributed by atoms with Gasteiger partial charge in [0, 0.05) is 17.7 Å². The number of fused-ring (bicyclic) bond motifs is 3. The minimum Gasteiger partial charge on any atom is -0.396 e. The summed E-state index contributed by atoms with van der Waals surface area (Å²) < 4.78 is 29.5. The van der Waals surface area contributed by atoms with Gasteiger partial charge in [-0.05, 0) is 6.92 Å². The molecule has 7 nitrogen and oxygen atoms in total. The molecule has 3 aliphatic heterocycles. The van der Waals surface area contributed by atoms with Crippen molar-refractivity contribution in [3.8, 4) is 0 Å². The quantitative estimate of drug-likeness (QED) is 0.797. The van der Waals surface area contributed by atoms with Crippen molar-refractivity contribution in [2.45, 2.75) is 36.7 Å². The third-order valence-electron chi connectivity index (χ3n) is 5.01. The minimum absolute atomic E-state index is 0. The van der Waals surface area contributed by atoms with Gasteiger partial charge in [0.25, 0.3) is 0 Å².